The average Bonchev–Trinajstić information content (AvgIpc) is 2.26. The van der Waals surface area contributed by atoms with Crippen LogP contribution in [-0.4, -0.2) is 13.7 Å². The van der Waals surface area contributed by atoms with Crippen molar-refractivity contribution in [2.75, 3.05) is 13.7 Å². The normalized spacial score (nSPS) is 12.1. The molecule has 1 aromatic carbocycles. The summed E-state index contributed by atoms with van der Waals surface area (Å²) < 4.78 is 4.96. The van der Waals surface area contributed by atoms with Gasteiger partial charge in [-0.05, 0) is 30.5 Å². The van der Waals surface area contributed by atoms with Gasteiger partial charge in [0, 0.05) is 18.7 Å². The van der Waals surface area contributed by atoms with Gasteiger partial charge in [0.15, 0.2) is 0 Å². The fraction of sp³-hybridized carbons (Fsp3) is 0.417. The quantitative estimate of drug-likeness (QED) is 0.717. The maximum atomic E-state index is 9.02. The van der Waals surface area contributed by atoms with E-state index in [0.717, 1.165) is 18.4 Å². The zero-order chi connectivity index (χ0) is 11.1. The fourth-order valence-electron chi connectivity index (χ4n) is 1.43. The number of nitrogens with zero attached hydrogens (tertiary/aromatic N) is 1. The molecule has 0 aliphatic carbocycles. The van der Waals surface area contributed by atoms with Crippen molar-refractivity contribution in [3.8, 4) is 6.07 Å². The van der Waals surface area contributed by atoms with E-state index in [1.165, 1.54) is 0 Å². The molecule has 0 aromatic heterocycles. The largest absolute Gasteiger partial charge is 0.385 e. The second-order valence-corrected chi connectivity index (χ2v) is 3.80. The molecule has 3 heteroatoms. The molecule has 0 heterocycles. The van der Waals surface area contributed by atoms with Crippen LogP contribution in [-0.2, 0) is 4.74 Å². The summed E-state index contributed by atoms with van der Waals surface area (Å²) in [5.41, 5.74) is 1.03. The van der Waals surface area contributed by atoms with Crippen LogP contribution < -0.4 is 0 Å². The second-order valence-electron chi connectivity index (χ2n) is 3.37. The van der Waals surface area contributed by atoms with Crippen molar-refractivity contribution in [2.24, 2.45) is 0 Å². The van der Waals surface area contributed by atoms with E-state index >= 15 is 0 Å². The van der Waals surface area contributed by atoms with Gasteiger partial charge < -0.3 is 4.74 Å². The van der Waals surface area contributed by atoms with Gasteiger partial charge in [0.25, 0.3) is 0 Å². The number of methoxy groups -OCH3 is 1. The molecular weight excluding hydrogens is 210 g/mol. The number of hydrogen-bond donors (Lipinski definition) is 0. The minimum atomic E-state index is -0.0579. The topological polar surface area (TPSA) is 33.0 Å². The summed E-state index contributed by atoms with van der Waals surface area (Å²) in [5.74, 6) is -0.0579. The highest BCUT2D eigenvalue weighted by Gasteiger charge is 2.09. The lowest BCUT2D eigenvalue weighted by molar-refractivity contribution is 0.192. The average molecular weight is 224 g/mol. The summed E-state index contributed by atoms with van der Waals surface area (Å²) in [6.45, 7) is 0.700. The second kappa shape index (κ2) is 6.44. The zero-order valence-electron chi connectivity index (χ0n) is 8.74. The Balaban J connectivity index is 2.59. The highest BCUT2D eigenvalue weighted by Crippen LogP contribution is 2.22. The lowest BCUT2D eigenvalue weighted by Gasteiger charge is -2.08. The zero-order valence-corrected chi connectivity index (χ0v) is 9.50. The molecule has 1 aromatic rings. The van der Waals surface area contributed by atoms with Gasteiger partial charge >= 0.3 is 0 Å². The Hall–Kier alpha value is -1.04. The lowest BCUT2D eigenvalue weighted by Crippen LogP contribution is -1.98. The van der Waals surface area contributed by atoms with E-state index in [-0.39, 0.29) is 5.92 Å². The van der Waals surface area contributed by atoms with Gasteiger partial charge in [-0.2, -0.15) is 5.26 Å². The molecular formula is C12H14ClNO. The molecule has 0 amide bonds. The van der Waals surface area contributed by atoms with Gasteiger partial charge in [0.05, 0.1) is 12.0 Å². The third kappa shape index (κ3) is 3.91. The summed E-state index contributed by atoms with van der Waals surface area (Å²) in [7, 11) is 1.67. The first-order valence-electron chi connectivity index (χ1n) is 4.92. The van der Waals surface area contributed by atoms with Crippen LogP contribution in [0.4, 0.5) is 0 Å². The molecule has 0 unspecified atom stereocenters. The minimum absolute atomic E-state index is 0.0579. The van der Waals surface area contributed by atoms with Crippen LogP contribution in [0.5, 0.6) is 0 Å². The first-order valence-corrected chi connectivity index (χ1v) is 5.29. The number of nitriles is 1. The molecule has 1 atom stereocenters. The van der Waals surface area contributed by atoms with Gasteiger partial charge in [0.2, 0.25) is 0 Å². The lowest BCUT2D eigenvalue weighted by atomic mass is 9.96. The van der Waals surface area contributed by atoms with Crippen molar-refractivity contribution in [1.82, 2.24) is 0 Å². The Morgan fingerprint density at radius 1 is 1.40 bits per heavy atom. The van der Waals surface area contributed by atoms with E-state index in [2.05, 4.69) is 6.07 Å². The molecule has 80 valence electrons. The molecule has 1 rings (SSSR count). The van der Waals surface area contributed by atoms with E-state index in [0.29, 0.717) is 11.6 Å². The van der Waals surface area contributed by atoms with E-state index in [9.17, 15) is 0 Å². The summed E-state index contributed by atoms with van der Waals surface area (Å²) in [4.78, 5) is 0. The van der Waals surface area contributed by atoms with Gasteiger partial charge in [-0.15, -0.1) is 0 Å². The van der Waals surface area contributed by atoms with Crippen LogP contribution in [0.1, 0.15) is 24.3 Å². The maximum Gasteiger partial charge on any atom is 0.0713 e. The van der Waals surface area contributed by atoms with Crippen LogP contribution in [0.3, 0.4) is 0 Å². The van der Waals surface area contributed by atoms with Crippen molar-refractivity contribution < 1.29 is 4.74 Å². The SMILES string of the molecule is COCCC[C@@H](C#N)c1ccc(Cl)cc1. The molecule has 0 N–H and O–H groups in total. The van der Waals surface area contributed by atoms with Crippen molar-refractivity contribution in [3.63, 3.8) is 0 Å². The fourth-order valence-corrected chi connectivity index (χ4v) is 1.56. The number of halogens is 1. The molecule has 0 saturated carbocycles. The van der Waals surface area contributed by atoms with E-state index in [4.69, 9.17) is 21.6 Å². The molecule has 0 saturated heterocycles. The monoisotopic (exact) mass is 223 g/mol. The Kier molecular flexibility index (Phi) is 5.17. The molecule has 0 bridgehead atoms. The molecule has 2 nitrogen and oxygen atoms in total. The third-order valence-electron chi connectivity index (χ3n) is 2.27. The summed E-state index contributed by atoms with van der Waals surface area (Å²) in [6.07, 6.45) is 1.73. The van der Waals surface area contributed by atoms with Crippen LogP contribution in [0.15, 0.2) is 24.3 Å². The summed E-state index contributed by atoms with van der Waals surface area (Å²) in [6, 6.07) is 9.74. The first kappa shape index (κ1) is 12.0. The van der Waals surface area contributed by atoms with Crippen molar-refractivity contribution in [3.05, 3.63) is 34.9 Å². The van der Waals surface area contributed by atoms with Gasteiger partial charge in [0.1, 0.15) is 0 Å². The van der Waals surface area contributed by atoms with Crippen molar-refractivity contribution in [1.29, 1.82) is 5.26 Å². The molecule has 0 aliphatic heterocycles. The van der Waals surface area contributed by atoms with Gasteiger partial charge in [-0.3, -0.25) is 0 Å². The molecule has 0 spiro atoms. The Morgan fingerprint density at radius 3 is 2.60 bits per heavy atom. The molecule has 0 aliphatic rings. The van der Waals surface area contributed by atoms with Gasteiger partial charge in [-0.1, -0.05) is 23.7 Å². The predicted octanol–water partition coefficient (Wildman–Crippen LogP) is 3.37. The minimum Gasteiger partial charge on any atom is -0.385 e. The molecule has 0 radical (unpaired) electrons. The Morgan fingerprint density at radius 2 is 2.07 bits per heavy atom. The summed E-state index contributed by atoms with van der Waals surface area (Å²) in [5, 5.41) is 9.73. The first-order chi connectivity index (χ1) is 7.27. The number of ether oxygens (including phenoxy) is 1. The van der Waals surface area contributed by atoms with E-state index < -0.39 is 0 Å². The van der Waals surface area contributed by atoms with Gasteiger partial charge in [-0.25, -0.2) is 0 Å². The Bertz CT molecular complexity index is 328. The highest BCUT2D eigenvalue weighted by molar-refractivity contribution is 6.30. The molecule has 0 fully saturated rings. The van der Waals surface area contributed by atoms with Crippen molar-refractivity contribution in [2.45, 2.75) is 18.8 Å². The predicted molar refractivity (Wildman–Crippen MR) is 60.9 cm³/mol. The Labute approximate surface area is 95.4 Å². The smallest absolute Gasteiger partial charge is 0.0713 e. The van der Waals surface area contributed by atoms with Crippen LogP contribution in [0.25, 0.3) is 0 Å². The number of hydrogen-bond acceptors (Lipinski definition) is 2. The van der Waals surface area contributed by atoms with Crippen molar-refractivity contribution >= 4 is 11.6 Å². The number of rotatable bonds is 5. The highest BCUT2D eigenvalue weighted by atomic mass is 35.5. The van der Waals surface area contributed by atoms with Crippen LogP contribution in [0.2, 0.25) is 5.02 Å². The summed E-state index contributed by atoms with van der Waals surface area (Å²) >= 11 is 5.78. The standard InChI is InChI=1S/C12H14ClNO/c1-15-8-2-3-11(9-14)10-4-6-12(13)7-5-10/h4-7,11H,2-3,8H2,1H3/t11-/m0/s1. The van der Waals surface area contributed by atoms with E-state index in [1.807, 2.05) is 24.3 Å². The van der Waals surface area contributed by atoms with Crippen LogP contribution in [0, 0.1) is 11.3 Å². The third-order valence-corrected chi connectivity index (χ3v) is 2.52. The number of benzene rings is 1. The molecule has 15 heavy (non-hydrogen) atoms. The van der Waals surface area contributed by atoms with Crippen LogP contribution >= 0.6 is 11.6 Å². The maximum absolute atomic E-state index is 9.02. The van der Waals surface area contributed by atoms with E-state index in [1.54, 1.807) is 7.11 Å².